The fourth-order valence-corrected chi connectivity index (χ4v) is 0.868. The van der Waals surface area contributed by atoms with Gasteiger partial charge in [0.05, 0.1) is 0 Å². The predicted octanol–water partition coefficient (Wildman–Crippen LogP) is 1.36. The molecule has 0 bridgehead atoms. The third-order valence-corrected chi connectivity index (χ3v) is 1.48. The average molecular weight is 148 g/mol. The standard InChI is InChI=1S/C9H12N2/c1-8-9(4-2-6-10)5-3-7-11-8/h2-5,7H,6,10H2,1H3. The molecule has 0 radical (unpaired) electrons. The molecule has 0 aliphatic carbocycles. The molecule has 1 aromatic rings. The summed E-state index contributed by atoms with van der Waals surface area (Å²) >= 11 is 0. The van der Waals surface area contributed by atoms with Crippen LogP contribution in [-0.4, -0.2) is 11.5 Å². The van der Waals surface area contributed by atoms with Crippen molar-refractivity contribution in [2.75, 3.05) is 6.54 Å². The normalized spacial score (nSPS) is 10.7. The number of nitrogens with zero attached hydrogens (tertiary/aromatic N) is 1. The van der Waals surface area contributed by atoms with E-state index in [9.17, 15) is 0 Å². The summed E-state index contributed by atoms with van der Waals surface area (Å²) in [5, 5.41) is 0. The van der Waals surface area contributed by atoms with E-state index >= 15 is 0 Å². The van der Waals surface area contributed by atoms with Crippen molar-refractivity contribution < 1.29 is 0 Å². The van der Waals surface area contributed by atoms with Crippen molar-refractivity contribution in [3.8, 4) is 0 Å². The molecule has 0 amide bonds. The number of aromatic nitrogens is 1. The summed E-state index contributed by atoms with van der Waals surface area (Å²) in [5.74, 6) is 0. The summed E-state index contributed by atoms with van der Waals surface area (Å²) in [7, 11) is 0. The van der Waals surface area contributed by atoms with Crippen LogP contribution in [0, 0.1) is 6.92 Å². The summed E-state index contributed by atoms with van der Waals surface area (Å²) in [6, 6.07) is 3.94. The molecule has 0 fully saturated rings. The molecule has 2 nitrogen and oxygen atoms in total. The number of rotatable bonds is 2. The second-order valence-corrected chi connectivity index (χ2v) is 2.32. The van der Waals surface area contributed by atoms with Crippen LogP contribution in [0.5, 0.6) is 0 Å². The molecule has 0 unspecified atom stereocenters. The molecule has 1 heterocycles. The Morgan fingerprint density at radius 3 is 3.09 bits per heavy atom. The van der Waals surface area contributed by atoms with Crippen molar-refractivity contribution in [3.63, 3.8) is 0 Å². The molecule has 0 aliphatic rings. The highest BCUT2D eigenvalue weighted by molar-refractivity contribution is 5.51. The van der Waals surface area contributed by atoms with Crippen LogP contribution in [0.3, 0.4) is 0 Å². The molecule has 1 rings (SSSR count). The van der Waals surface area contributed by atoms with Crippen LogP contribution < -0.4 is 5.73 Å². The lowest BCUT2D eigenvalue weighted by atomic mass is 10.2. The molecular weight excluding hydrogens is 136 g/mol. The molecular formula is C9H12N2. The predicted molar refractivity (Wildman–Crippen MR) is 47.1 cm³/mol. The highest BCUT2D eigenvalue weighted by atomic mass is 14.7. The minimum absolute atomic E-state index is 0.578. The van der Waals surface area contributed by atoms with Crippen molar-refractivity contribution in [3.05, 3.63) is 35.7 Å². The Balaban J connectivity index is 2.86. The van der Waals surface area contributed by atoms with Crippen molar-refractivity contribution in [2.24, 2.45) is 5.73 Å². The molecule has 0 aliphatic heterocycles. The first kappa shape index (κ1) is 7.95. The average Bonchev–Trinajstić information content (AvgIpc) is 2.03. The zero-order valence-corrected chi connectivity index (χ0v) is 6.62. The van der Waals surface area contributed by atoms with Crippen LogP contribution in [0.25, 0.3) is 6.08 Å². The second kappa shape index (κ2) is 3.88. The highest BCUT2D eigenvalue weighted by Gasteiger charge is 1.90. The van der Waals surface area contributed by atoms with Gasteiger partial charge in [-0.2, -0.15) is 0 Å². The molecule has 0 spiro atoms. The Hall–Kier alpha value is -1.15. The van der Waals surface area contributed by atoms with Gasteiger partial charge in [-0.1, -0.05) is 18.2 Å². The Labute approximate surface area is 66.8 Å². The molecule has 0 atom stereocenters. The number of pyridine rings is 1. The molecule has 1 aromatic heterocycles. The van der Waals surface area contributed by atoms with E-state index in [4.69, 9.17) is 5.73 Å². The minimum Gasteiger partial charge on any atom is -0.327 e. The molecule has 0 saturated carbocycles. The van der Waals surface area contributed by atoms with Crippen LogP contribution >= 0.6 is 0 Å². The van der Waals surface area contributed by atoms with E-state index < -0.39 is 0 Å². The minimum atomic E-state index is 0.578. The summed E-state index contributed by atoms with van der Waals surface area (Å²) in [6.45, 7) is 2.56. The van der Waals surface area contributed by atoms with Gasteiger partial charge in [-0.3, -0.25) is 4.98 Å². The molecule has 2 N–H and O–H groups in total. The number of hydrogen-bond acceptors (Lipinski definition) is 2. The number of nitrogens with two attached hydrogens (primary N) is 1. The van der Waals surface area contributed by atoms with Gasteiger partial charge in [-0.05, 0) is 18.6 Å². The Kier molecular flexibility index (Phi) is 2.81. The van der Waals surface area contributed by atoms with E-state index in [-0.39, 0.29) is 0 Å². The molecule has 0 aromatic carbocycles. The smallest absolute Gasteiger partial charge is 0.0444 e. The summed E-state index contributed by atoms with van der Waals surface area (Å²) in [5.41, 5.74) is 7.50. The second-order valence-electron chi connectivity index (χ2n) is 2.32. The maximum Gasteiger partial charge on any atom is 0.0444 e. The Bertz CT molecular complexity index is 253. The fourth-order valence-electron chi connectivity index (χ4n) is 0.868. The van der Waals surface area contributed by atoms with Crippen molar-refractivity contribution in [1.82, 2.24) is 4.98 Å². The zero-order chi connectivity index (χ0) is 8.10. The Morgan fingerprint density at radius 1 is 1.64 bits per heavy atom. The zero-order valence-electron chi connectivity index (χ0n) is 6.62. The van der Waals surface area contributed by atoms with Crippen LogP contribution in [0.1, 0.15) is 11.3 Å². The fraction of sp³-hybridized carbons (Fsp3) is 0.222. The first-order chi connectivity index (χ1) is 5.34. The maximum atomic E-state index is 5.32. The van der Waals surface area contributed by atoms with Gasteiger partial charge in [0.25, 0.3) is 0 Å². The van der Waals surface area contributed by atoms with Gasteiger partial charge in [-0.15, -0.1) is 0 Å². The molecule has 58 valence electrons. The van der Waals surface area contributed by atoms with Gasteiger partial charge in [-0.25, -0.2) is 0 Å². The quantitative estimate of drug-likeness (QED) is 0.687. The summed E-state index contributed by atoms with van der Waals surface area (Å²) in [6.07, 6.45) is 5.70. The summed E-state index contributed by atoms with van der Waals surface area (Å²) < 4.78 is 0. The lowest BCUT2D eigenvalue weighted by molar-refractivity contribution is 1.19. The number of aryl methyl sites for hydroxylation is 1. The third kappa shape index (κ3) is 2.16. The summed E-state index contributed by atoms with van der Waals surface area (Å²) in [4.78, 5) is 4.14. The van der Waals surface area contributed by atoms with Crippen LogP contribution in [-0.2, 0) is 0 Å². The maximum absolute atomic E-state index is 5.32. The highest BCUT2D eigenvalue weighted by Crippen LogP contribution is 2.04. The topological polar surface area (TPSA) is 38.9 Å². The van der Waals surface area contributed by atoms with E-state index in [1.807, 2.05) is 31.2 Å². The lowest BCUT2D eigenvalue weighted by Gasteiger charge is -1.95. The first-order valence-corrected chi connectivity index (χ1v) is 3.63. The van der Waals surface area contributed by atoms with Crippen molar-refractivity contribution in [1.29, 1.82) is 0 Å². The first-order valence-electron chi connectivity index (χ1n) is 3.63. The van der Waals surface area contributed by atoms with E-state index in [1.165, 1.54) is 0 Å². The van der Waals surface area contributed by atoms with Gasteiger partial charge >= 0.3 is 0 Å². The van der Waals surface area contributed by atoms with E-state index in [1.54, 1.807) is 6.20 Å². The largest absolute Gasteiger partial charge is 0.327 e. The Morgan fingerprint density at radius 2 is 2.45 bits per heavy atom. The van der Waals surface area contributed by atoms with E-state index in [2.05, 4.69) is 4.98 Å². The van der Waals surface area contributed by atoms with Crippen molar-refractivity contribution >= 4 is 6.08 Å². The lowest BCUT2D eigenvalue weighted by Crippen LogP contribution is -1.92. The van der Waals surface area contributed by atoms with Gasteiger partial charge in [0.2, 0.25) is 0 Å². The molecule has 2 heteroatoms. The van der Waals surface area contributed by atoms with E-state index in [0.717, 1.165) is 11.3 Å². The van der Waals surface area contributed by atoms with Crippen LogP contribution in [0.2, 0.25) is 0 Å². The third-order valence-electron chi connectivity index (χ3n) is 1.48. The molecule has 0 saturated heterocycles. The SMILES string of the molecule is Cc1ncccc1C=CCN. The molecule has 11 heavy (non-hydrogen) atoms. The van der Waals surface area contributed by atoms with Crippen LogP contribution in [0.4, 0.5) is 0 Å². The van der Waals surface area contributed by atoms with Gasteiger partial charge in [0.15, 0.2) is 0 Å². The van der Waals surface area contributed by atoms with Gasteiger partial charge in [0.1, 0.15) is 0 Å². The van der Waals surface area contributed by atoms with Gasteiger partial charge in [0, 0.05) is 18.4 Å². The monoisotopic (exact) mass is 148 g/mol. The van der Waals surface area contributed by atoms with E-state index in [0.29, 0.717) is 6.54 Å². The van der Waals surface area contributed by atoms with Crippen LogP contribution in [0.15, 0.2) is 24.4 Å². The van der Waals surface area contributed by atoms with Gasteiger partial charge < -0.3 is 5.73 Å². The number of hydrogen-bond donors (Lipinski definition) is 1. The van der Waals surface area contributed by atoms with Crippen molar-refractivity contribution in [2.45, 2.75) is 6.92 Å².